The molecule has 1 aliphatic rings. The van der Waals surface area contributed by atoms with E-state index in [2.05, 4.69) is 10.5 Å². The smallest absolute Gasteiger partial charge is 0.271 e. The van der Waals surface area contributed by atoms with Gasteiger partial charge in [0.1, 0.15) is 0 Å². The van der Waals surface area contributed by atoms with Gasteiger partial charge in [-0.2, -0.15) is 9.41 Å². The van der Waals surface area contributed by atoms with Crippen molar-refractivity contribution < 1.29 is 17.9 Å². The minimum Gasteiger partial charge on any atom is -0.379 e. The fourth-order valence-corrected chi connectivity index (χ4v) is 4.68. The van der Waals surface area contributed by atoms with E-state index in [1.807, 2.05) is 19.1 Å². The molecule has 0 aliphatic carbocycles. The maximum Gasteiger partial charge on any atom is 0.271 e. The zero-order chi connectivity index (χ0) is 18.6. The van der Waals surface area contributed by atoms with E-state index in [-0.39, 0.29) is 10.5 Å². The number of nitrogens with zero attached hydrogens (tertiary/aromatic N) is 2. The summed E-state index contributed by atoms with van der Waals surface area (Å²) in [6, 6.07) is 9.83. The number of rotatable bonds is 5. The third-order valence-corrected chi connectivity index (χ3v) is 6.65. The highest BCUT2D eigenvalue weighted by Gasteiger charge is 2.26. The number of carbonyl (C=O) groups excluding carboxylic acids is 1. The molecule has 1 aromatic carbocycles. The Morgan fingerprint density at radius 2 is 2.04 bits per heavy atom. The highest BCUT2D eigenvalue weighted by atomic mass is 32.2. The van der Waals surface area contributed by atoms with Gasteiger partial charge in [-0.25, -0.2) is 13.8 Å². The maximum atomic E-state index is 12.7. The van der Waals surface area contributed by atoms with Crippen LogP contribution in [0.25, 0.3) is 0 Å². The molecule has 1 saturated heterocycles. The average molecular weight is 393 g/mol. The fourth-order valence-electron chi connectivity index (χ4n) is 2.48. The number of hydrogen-bond acceptors (Lipinski definition) is 6. The summed E-state index contributed by atoms with van der Waals surface area (Å²) in [6.07, 6.45) is 1.56. The summed E-state index contributed by atoms with van der Waals surface area (Å²) < 4.78 is 31.9. The van der Waals surface area contributed by atoms with Gasteiger partial charge in [-0.05, 0) is 37.3 Å². The van der Waals surface area contributed by atoms with Crippen molar-refractivity contribution in [3.63, 3.8) is 0 Å². The first-order chi connectivity index (χ1) is 12.5. The number of amides is 1. The number of nitrogens with one attached hydrogen (secondary N) is 1. The normalized spacial score (nSPS) is 16.0. The largest absolute Gasteiger partial charge is 0.379 e. The van der Waals surface area contributed by atoms with E-state index in [0.717, 1.165) is 9.75 Å². The molecule has 1 fully saturated rings. The van der Waals surface area contributed by atoms with E-state index in [4.69, 9.17) is 4.74 Å². The summed E-state index contributed by atoms with van der Waals surface area (Å²) in [5, 5.41) is 3.92. The van der Waals surface area contributed by atoms with Gasteiger partial charge >= 0.3 is 0 Å². The summed E-state index contributed by atoms with van der Waals surface area (Å²) in [7, 11) is -3.64. The molecule has 1 N–H and O–H groups in total. The van der Waals surface area contributed by atoms with Gasteiger partial charge in [-0.15, -0.1) is 11.3 Å². The number of aryl methyl sites for hydroxylation is 1. The highest BCUT2D eigenvalue weighted by molar-refractivity contribution is 7.89. The molecule has 0 saturated carbocycles. The van der Waals surface area contributed by atoms with E-state index in [1.54, 1.807) is 29.7 Å². The van der Waals surface area contributed by atoms with Crippen LogP contribution < -0.4 is 5.43 Å². The SMILES string of the molecule is Cc1ccc(/C=N\NC(=O)c2cccc(S(=O)(=O)N3CCOCC3)c2)s1. The number of ether oxygens (including phenoxy) is 1. The summed E-state index contributed by atoms with van der Waals surface area (Å²) in [6.45, 7) is 3.35. The molecule has 0 unspecified atom stereocenters. The van der Waals surface area contributed by atoms with Crippen LogP contribution in [0.1, 0.15) is 20.1 Å². The number of carbonyl (C=O) groups is 1. The van der Waals surface area contributed by atoms with Gasteiger partial charge in [0.05, 0.1) is 24.3 Å². The van der Waals surface area contributed by atoms with E-state index in [9.17, 15) is 13.2 Å². The van der Waals surface area contributed by atoms with Gasteiger partial charge in [0, 0.05) is 28.4 Å². The number of thiophene rings is 1. The van der Waals surface area contributed by atoms with Crippen LogP contribution in [-0.2, 0) is 14.8 Å². The minimum atomic E-state index is -3.64. The number of hydrazone groups is 1. The molecule has 3 rings (SSSR count). The van der Waals surface area contributed by atoms with Gasteiger partial charge in [-0.3, -0.25) is 4.79 Å². The van der Waals surface area contributed by atoms with Crippen LogP contribution in [0.2, 0.25) is 0 Å². The zero-order valence-electron chi connectivity index (χ0n) is 14.2. The van der Waals surface area contributed by atoms with Crippen molar-refractivity contribution in [2.24, 2.45) is 5.10 Å². The first-order valence-corrected chi connectivity index (χ1v) is 10.3. The fraction of sp³-hybridized carbons (Fsp3) is 0.294. The molecule has 7 nitrogen and oxygen atoms in total. The number of hydrogen-bond donors (Lipinski definition) is 1. The Kier molecular flexibility index (Phi) is 5.82. The molecule has 0 radical (unpaired) electrons. The summed E-state index contributed by atoms with van der Waals surface area (Å²) >= 11 is 1.56. The van der Waals surface area contributed by atoms with Crippen molar-refractivity contribution in [2.75, 3.05) is 26.3 Å². The van der Waals surface area contributed by atoms with Gasteiger partial charge in [0.15, 0.2) is 0 Å². The van der Waals surface area contributed by atoms with E-state index >= 15 is 0 Å². The second-order valence-electron chi connectivity index (χ2n) is 5.69. The predicted octanol–water partition coefficient (Wildman–Crippen LogP) is 1.84. The lowest BCUT2D eigenvalue weighted by Gasteiger charge is -2.26. The van der Waals surface area contributed by atoms with Crippen LogP contribution in [0.5, 0.6) is 0 Å². The number of morpholine rings is 1. The Morgan fingerprint density at radius 1 is 1.27 bits per heavy atom. The van der Waals surface area contributed by atoms with Gasteiger partial charge < -0.3 is 4.74 Å². The van der Waals surface area contributed by atoms with Crippen molar-refractivity contribution in [1.29, 1.82) is 0 Å². The predicted molar refractivity (Wildman–Crippen MR) is 100 cm³/mol. The van der Waals surface area contributed by atoms with Crippen LogP contribution in [0.15, 0.2) is 46.4 Å². The third kappa shape index (κ3) is 4.36. The number of sulfonamides is 1. The standard InChI is InChI=1S/C17H19N3O4S2/c1-13-5-6-15(25-13)12-18-19-17(21)14-3-2-4-16(11-14)26(22,23)20-7-9-24-10-8-20/h2-6,11-12H,7-10H2,1H3,(H,19,21)/b18-12-. The molecule has 2 heterocycles. The van der Waals surface area contributed by atoms with Crippen molar-refractivity contribution in [1.82, 2.24) is 9.73 Å². The van der Waals surface area contributed by atoms with Crippen LogP contribution >= 0.6 is 11.3 Å². The lowest BCUT2D eigenvalue weighted by Crippen LogP contribution is -2.40. The molecule has 0 spiro atoms. The Labute approximate surface area is 156 Å². The summed E-state index contributed by atoms with van der Waals surface area (Å²) in [4.78, 5) is 14.4. The van der Waals surface area contributed by atoms with Crippen molar-refractivity contribution in [2.45, 2.75) is 11.8 Å². The van der Waals surface area contributed by atoms with Crippen LogP contribution in [0, 0.1) is 6.92 Å². The zero-order valence-corrected chi connectivity index (χ0v) is 15.8. The molecule has 26 heavy (non-hydrogen) atoms. The topological polar surface area (TPSA) is 88.1 Å². The molecule has 2 aromatic rings. The molecule has 1 aromatic heterocycles. The Morgan fingerprint density at radius 3 is 2.73 bits per heavy atom. The van der Waals surface area contributed by atoms with E-state index < -0.39 is 15.9 Å². The first-order valence-electron chi connectivity index (χ1n) is 8.04. The minimum absolute atomic E-state index is 0.0879. The lowest BCUT2D eigenvalue weighted by atomic mass is 10.2. The van der Waals surface area contributed by atoms with E-state index in [1.165, 1.54) is 16.4 Å². The second kappa shape index (κ2) is 8.09. The Balaban J connectivity index is 1.71. The first kappa shape index (κ1) is 18.7. The van der Waals surface area contributed by atoms with Crippen LogP contribution in [0.4, 0.5) is 0 Å². The monoisotopic (exact) mass is 393 g/mol. The van der Waals surface area contributed by atoms with Gasteiger partial charge in [0.25, 0.3) is 5.91 Å². The third-order valence-electron chi connectivity index (χ3n) is 3.82. The molecular formula is C17H19N3O4S2. The Hall–Kier alpha value is -2.07. The molecule has 1 aliphatic heterocycles. The summed E-state index contributed by atoms with van der Waals surface area (Å²) in [5.74, 6) is -0.464. The molecule has 0 bridgehead atoms. The van der Waals surface area contributed by atoms with Crippen LogP contribution in [0.3, 0.4) is 0 Å². The maximum absolute atomic E-state index is 12.7. The van der Waals surface area contributed by atoms with Gasteiger partial charge in [-0.1, -0.05) is 6.07 Å². The molecule has 9 heteroatoms. The lowest BCUT2D eigenvalue weighted by molar-refractivity contribution is 0.0730. The quantitative estimate of drug-likeness (QED) is 0.620. The average Bonchev–Trinajstić information content (AvgIpc) is 3.07. The van der Waals surface area contributed by atoms with Gasteiger partial charge in [0.2, 0.25) is 10.0 Å². The summed E-state index contributed by atoms with van der Waals surface area (Å²) in [5.41, 5.74) is 2.66. The molecule has 0 atom stereocenters. The van der Waals surface area contributed by atoms with Crippen molar-refractivity contribution in [3.8, 4) is 0 Å². The number of benzene rings is 1. The Bertz CT molecular complexity index is 916. The molecule has 138 valence electrons. The van der Waals surface area contributed by atoms with E-state index in [0.29, 0.717) is 26.3 Å². The molecule has 1 amide bonds. The van der Waals surface area contributed by atoms with Crippen molar-refractivity contribution >= 4 is 33.5 Å². The second-order valence-corrected chi connectivity index (χ2v) is 8.95. The van der Waals surface area contributed by atoms with Crippen LogP contribution in [-0.4, -0.2) is 51.1 Å². The highest BCUT2D eigenvalue weighted by Crippen LogP contribution is 2.18. The molecular weight excluding hydrogens is 374 g/mol. The van der Waals surface area contributed by atoms with Crippen molar-refractivity contribution in [3.05, 3.63) is 51.7 Å².